The Bertz CT molecular complexity index is 727. The van der Waals surface area contributed by atoms with Crippen LogP contribution in [0.25, 0.3) is 0 Å². The van der Waals surface area contributed by atoms with Gasteiger partial charge in [0.15, 0.2) is 11.6 Å². The van der Waals surface area contributed by atoms with Crippen LogP contribution in [0.1, 0.15) is 19.4 Å². The topological polar surface area (TPSA) is 61.5 Å². The molecular weight excluding hydrogens is 304 g/mol. The first-order chi connectivity index (χ1) is 10.8. The van der Waals surface area contributed by atoms with Crippen molar-refractivity contribution in [1.29, 1.82) is 0 Å². The standard InChI is InChI=1S/C17H17F2NO3/c1-17(2,16(21)22-3)10-4-6-12(7-5-10)23-14-9-11(18)8-13(19)15(14)20/h4-9H,20H2,1-3H3. The van der Waals surface area contributed by atoms with Crippen LogP contribution < -0.4 is 10.5 Å². The minimum atomic E-state index is -0.886. The second-order valence-corrected chi connectivity index (χ2v) is 5.54. The minimum absolute atomic E-state index is 0.109. The van der Waals surface area contributed by atoms with Crippen molar-refractivity contribution >= 4 is 11.7 Å². The van der Waals surface area contributed by atoms with Crippen LogP contribution in [0.2, 0.25) is 0 Å². The number of hydrogen-bond donors (Lipinski definition) is 1. The van der Waals surface area contributed by atoms with E-state index in [0.717, 1.165) is 11.6 Å². The quantitative estimate of drug-likeness (QED) is 0.687. The minimum Gasteiger partial charge on any atom is -0.468 e. The van der Waals surface area contributed by atoms with Crippen molar-refractivity contribution in [2.75, 3.05) is 12.8 Å². The Morgan fingerprint density at radius 1 is 1.13 bits per heavy atom. The average Bonchev–Trinajstić information content (AvgIpc) is 2.51. The van der Waals surface area contributed by atoms with E-state index in [2.05, 4.69) is 0 Å². The summed E-state index contributed by atoms with van der Waals surface area (Å²) in [6.07, 6.45) is 0. The number of esters is 1. The van der Waals surface area contributed by atoms with E-state index >= 15 is 0 Å². The van der Waals surface area contributed by atoms with Gasteiger partial charge in [0.25, 0.3) is 0 Å². The molecule has 2 N–H and O–H groups in total. The lowest BCUT2D eigenvalue weighted by Crippen LogP contribution is -2.30. The number of rotatable bonds is 4. The van der Waals surface area contributed by atoms with E-state index in [1.54, 1.807) is 38.1 Å². The summed E-state index contributed by atoms with van der Waals surface area (Å²) in [4.78, 5) is 11.8. The summed E-state index contributed by atoms with van der Waals surface area (Å²) >= 11 is 0. The number of ether oxygens (including phenoxy) is 2. The lowest BCUT2D eigenvalue weighted by atomic mass is 9.85. The zero-order valence-corrected chi connectivity index (χ0v) is 13.0. The molecule has 0 atom stereocenters. The number of nitrogen functional groups attached to an aromatic ring is 1. The second-order valence-electron chi connectivity index (χ2n) is 5.54. The van der Waals surface area contributed by atoms with E-state index in [1.165, 1.54) is 7.11 Å². The molecule has 4 nitrogen and oxygen atoms in total. The molecule has 0 unspecified atom stereocenters. The van der Waals surface area contributed by atoms with Crippen molar-refractivity contribution in [2.45, 2.75) is 19.3 Å². The SMILES string of the molecule is COC(=O)C(C)(C)c1ccc(Oc2cc(F)cc(F)c2N)cc1. The predicted molar refractivity (Wildman–Crippen MR) is 82.3 cm³/mol. The molecule has 0 radical (unpaired) electrons. The lowest BCUT2D eigenvalue weighted by Gasteiger charge is -2.22. The van der Waals surface area contributed by atoms with Gasteiger partial charge in [0, 0.05) is 12.1 Å². The van der Waals surface area contributed by atoms with E-state index in [9.17, 15) is 13.6 Å². The lowest BCUT2D eigenvalue weighted by molar-refractivity contribution is -0.146. The normalized spacial score (nSPS) is 11.2. The van der Waals surface area contributed by atoms with E-state index in [1.807, 2.05) is 0 Å². The summed E-state index contributed by atoms with van der Waals surface area (Å²) in [6.45, 7) is 3.46. The van der Waals surface area contributed by atoms with E-state index in [0.29, 0.717) is 11.8 Å². The van der Waals surface area contributed by atoms with E-state index < -0.39 is 17.0 Å². The zero-order valence-electron chi connectivity index (χ0n) is 13.0. The zero-order chi connectivity index (χ0) is 17.2. The number of anilines is 1. The molecule has 0 aliphatic heterocycles. The van der Waals surface area contributed by atoms with Crippen molar-refractivity contribution in [2.24, 2.45) is 0 Å². The van der Waals surface area contributed by atoms with Crippen molar-refractivity contribution in [3.63, 3.8) is 0 Å². The number of nitrogens with two attached hydrogens (primary N) is 1. The first-order valence-electron chi connectivity index (χ1n) is 6.87. The molecule has 0 fully saturated rings. The van der Waals surface area contributed by atoms with Gasteiger partial charge in [-0.1, -0.05) is 12.1 Å². The molecule has 2 rings (SSSR count). The average molecular weight is 321 g/mol. The van der Waals surface area contributed by atoms with Crippen LogP contribution in [-0.4, -0.2) is 13.1 Å². The largest absolute Gasteiger partial charge is 0.468 e. The molecule has 0 heterocycles. The van der Waals surface area contributed by atoms with Crippen LogP contribution in [0.4, 0.5) is 14.5 Å². The molecular formula is C17H17F2NO3. The number of halogens is 2. The molecule has 122 valence electrons. The van der Waals surface area contributed by atoms with Gasteiger partial charge in [0.1, 0.15) is 17.3 Å². The van der Waals surface area contributed by atoms with Crippen molar-refractivity contribution in [3.8, 4) is 11.5 Å². The fourth-order valence-corrected chi connectivity index (χ4v) is 2.09. The number of carbonyl (C=O) groups is 1. The molecule has 23 heavy (non-hydrogen) atoms. The monoisotopic (exact) mass is 321 g/mol. The Hall–Kier alpha value is -2.63. The summed E-state index contributed by atoms with van der Waals surface area (Å²) in [5.74, 6) is -1.81. The predicted octanol–water partition coefficient (Wildman–Crippen LogP) is 3.79. The van der Waals surface area contributed by atoms with E-state index in [4.69, 9.17) is 15.2 Å². The molecule has 0 aliphatic rings. The van der Waals surface area contributed by atoms with Gasteiger partial charge < -0.3 is 15.2 Å². The molecule has 0 saturated heterocycles. The molecule has 0 bridgehead atoms. The molecule has 0 aromatic heterocycles. The summed E-state index contributed by atoms with van der Waals surface area (Å²) in [6, 6.07) is 8.22. The third kappa shape index (κ3) is 3.41. The molecule has 0 saturated carbocycles. The van der Waals surface area contributed by atoms with Crippen LogP contribution in [0, 0.1) is 11.6 Å². The smallest absolute Gasteiger partial charge is 0.315 e. The molecule has 0 amide bonds. The number of benzene rings is 2. The second kappa shape index (κ2) is 6.24. The van der Waals surface area contributed by atoms with Crippen molar-refractivity contribution in [1.82, 2.24) is 0 Å². The highest BCUT2D eigenvalue weighted by molar-refractivity contribution is 5.82. The first kappa shape index (κ1) is 16.7. The van der Waals surface area contributed by atoms with Crippen LogP contribution in [0.5, 0.6) is 11.5 Å². The maximum Gasteiger partial charge on any atom is 0.315 e. The third-order valence-electron chi connectivity index (χ3n) is 3.56. The van der Waals surface area contributed by atoms with Gasteiger partial charge in [-0.2, -0.15) is 0 Å². The van der Waals surface area contributed by atoms with Crippen LogP contribution in [-0.2, 0) is 14.9 Å². The summed E-state index contributed by atoms with van der Waals surface area (Å²) in [5.41, 5.74) is 5.15. The maximum absolute atomic E-state index is 13.4. The van der Waals surface area contributed by atoms with Gasteiger partial charge in [0.2, 0.25) is 0 Å². The Morgan fingerprint density at radius 2 is 1.74 bits per heavy atom. The van der Waals surface area contributed by atoms with Crippen molar-refractivity contribution < 1.29 is 23.0 Å². The number of carbonyl (C=O) groups excluding carboxylic acids is 1. The molecule has 2 aromatic carbocycles. The summed E-state index contributed by atoms with van der Waals surface area (Å²) in [7, 11) is 1.32. The van der Waals surface area contributed by atoms with Gasteiger partial charge in [-0.25, -0.2) is 8.78 Å². The number of methoxy groups -OCH3 is 1. The van der Waals surface area contributed by atoms with Crippen molar-refractivity contribution in [3.05, 3.63) is 53.6 Å². The number of hydrogen-bond acceptors (Lipinski definition) is 4. The molecule has 6 heteroatoms. The molecule has 2 aromatic rings. The van der Waals surface area contributed by atoms with Gasteiger partial charge in [-0.3, -0.25) is 4.79 Å². The van der Waals surface area contributed by atoms with Crippen LogP contribution in [0.15, 0.2) is 36.4 Å². The Kier molecular flexibility index (Phi) is 4.54. The van der Waals surface area contributed by atoms with E-state index in [-0.39, 0.29) is 17.4 Å². The van der Waals surface area contributed by atoms with Gasteiger partial charge in [-0.15, -0.1) is 0 Å². The van der Waals surface area contributed by atoms with Gasteiger partial charge in [0.05, 0.1) is 12.5 Å². The Balaban J connectivity index is 2.26. The highest BCUT2D eigenvalue weighted by atomic mass is 19.1. The highest BCUT2D eigenvalue weighted by Crippen LogP contribution is 2.32. The summed E-state index contributed by atoms with van der Waals surface area (Å²) < 4.78 is 36.8. The van der Waals surface area contributed by atoms with Gasteiger partial charge in [-0.05, 0) is 31.5 Å². The Labute approximate surface area is 132 Å². The fourth-order valence-electron chi connectivity index (χ4n) is 2.09. The van der Waals surface area contributed by atoms with Crippen LogP contribution in [0.3, 0.4) is 0 Å². The van der Waals surface area contributed by atoms with Crippen LogP contribution >= 0.6 is 0 Å². The third-order valence-corrected chi connectivity index (χ3v) is 3.56. The Morgan fingerprint density at radius 3 is 2.30 bits per heavy atom. The van der Waals surface area contributed by atoms with Gasteiger partial charge >= 0.3 is 5.97 Å². The molecule has 0 spiro atoms. The maximum atomic E-state index is 13.4. The molecule has 0 aliphatic carbocycles. The highest BCUT2D eigenvalue weighted by Gasteiger charge is 2.30. The fraction of sp³-hybridized carbons (Fsp3) is 0.235. The first-order valence-corrected chi connectivity index (χ1v) is 6.87. The summed E-state index contributed by atoms with van der Waals surface area (Å²) in [5, 5.41) is 0.